The molecule has 4 nitrogen and oxygen atoms in total. The molecule has 0 aromatic rings. The first-order valence-electron chi connectivity index (χ1n) is 2.33. The van der Waals surface area contributed by atoms with Crippen molar-refractivity contribution in [3.05, 3.63) is 0 Å². The van der Waals surface area contributed by atoms with Gasteiger partial charge in [0.1, 0.15) is 6.61 Å². The van der Waals surface area contributed by atoms with E-state index in [1.165, 1.54) is 6.66 Å². The SMILES string of the molecule is C[P+](=O)OCC(=O)CO. The van der Waals surface area contributed by atoms with Gasteiger partial charge in [-0.1, -0.05) is 0 Å². The fraction of sp³-hybridized carbons (Fsp3) is 0.750. The first kappa shape index (κ1) is 8.69. The Hall–Kier alpha value is -0.310. The maximum absolute atomic E-state index is 10.2. The Morgan fingerprint density at radius 1 is 1.78 bits per heavy atom. The summed E-state index contributed by atoms with van der Waals surface area (Å²) in [7, 11) is -1.72. The smallest absolute Gasteiger partial charge is 0.388 e. The maximum atomic E-state index is 10.2. The van der Waals surface area contributed by atoms with Crippen molar-refractivity contribution in [1.29, 1.82) is 0 Å². The molecule has 0 saturated heterocycles. The van der Waals surface area contributed by atoms with Crippen molar-refractivity contribution in [3.8, 4) is 0 Å². The highest BCUT2D eigenvalue weighted by Gasteiger charge is 2.09. The minimum atomic E-state index is -1.72. The van der Waals surface area contributed by atoms with Crippen molar-refractivity contribution in [1.82, 2.24) is 0 Å². The van der Waals surface area contributed by atoms with E-state index in [9.17, 15) is 9.36 Å². The molecular weight excluding hydrogens is 143 g/mol. The van der Waals surface area contributed by atoms with Crippen LogP contribution in [-0.4, -0.2) is 30.8 Å². The van der Waals surface area contributed by atoms with E-state index in [1.807, 2.05) is 0 Å². The van der Waals surface area contributed by atoms with E-state index in [4.69, 9.17) is 5.11 Å². The normalized spacial score (nSPS) is 11.1. The van der Waals surface area contributed by atoms with Crippen LogP contribution >= 0.6 is 8.03 Å². The van der Waals surface area contributed by atoms with E-state index in [0.29, 0.717) is 0 Å². The largest absolute Gasteiger partial charge is 0.505 e. The second kappa shape index (κ2) is 4.56. The van der Waals surface area contributed by atoms with Gasteiger partial charge in [0.05, 0.1) is 0 Å². The van der Waals surface area contributed by atoms with Crippen LogP contribution in [0.15, 0.2) is 0 Å². The molecule has 5 heteroatoms. The van der Waals surface area contributed by atoms with Gasteiger partial charge in [-0.2, -0.15) is 0 Å². The Kier molecular flexibility index (Phi) is 4.40. The van der Waals surface area contributed by atoms with Gasteiger partial charge in [-0.25, -0.2) is 0 Å². The molecule has 0 aromatic carbocycles. The third-order valence-corrected chi connectivity index (χ3v) is 1.08. The third kappa shape index (κ3) is 5.56. The molecule has 0 amide bonds. The number of rotatable bonds is 4. The fourth-order valence-electron chi connectivity index (χ4n) is 0.209. The average molecular weight is 151 g/mol. The molecule has 0 heterocycles. The second-order valence-electron chi connectivity index (χ2n) is 1.41. The summed E-state index contributed by atoms with van der Waals surface area (Å²) in [6.45, 7) is 0.533. The maximum Gasteiger partial charge on any atom is 0.505 e. The highest BCUT2D eigenvalue weighted by molar-refractivity contribution is 7.38. The summed E-state index contributed by atoms with van der Waals surface area (Å²) < 4.78 is 14.6. The third-order valence-electron chi connectivity index (χ3n) is 0.584. The molecule has 9 heavy (non-hydrogen) atoms. The highest BCUT2D eigenvalue weighted by Crippen LogP contribution is 2.13. The zero-order chi connectivity index (χ0) is 7.28. The van der Waals surface area contributed by atoms with Gasteiger partial charge in [0.2, 0.25) is 0 Å². The van der Waals surface area contributed by atoms with Crippen LogP contribution in [0.1, 0.15) is 0 Å². The van der Waals surface area contributed by atoms with Crippen LogP contribution in [0, 0.1) is 0 Å². The van der Waals surface area contributed by atoms with Gasteiger partial charge in [0.25, 0.3) is 0 Å². The lowest BCUT2D eigenvalue weighted by molar-refractivity contribution is -0.123. The summed E-state index contributed by atoms with van der Waals surface area (Å²) in [5.41, 5.74) is 0. The standard InChI is InChI=1S/C4H8O4P/c1-9(7)8-3-4(6)2-5/h5H,2-3H2,1H3/q+1. The quantitative estimate of drug-likeness (QED) is 0.571. The van der Waals surface area contributed by atoms with Gasteiger partial charge in [0.15, 0.2) is 19.1 Å². The van der Waals surface area contributed by atoms with E-state index in [2.05, 4.69) is 4.52 Å². The minimum absolute atomic E-state index is 0.262. The summed E-state index contributed by atoms with van der Waals surface area (Å²) >= 11 is 0. The van der Waals surface area contributed by atoms with Crippen LogP contribution in [0.5, 0.6) is 0 Å². The summed E-state index contributed by atoms with van der Waals surface area (Å²) in [4.78, 5) is 10.2. The summed E-state index contributed by atoms with van der Waals surface area (Å²) in [6.07, 6.45) is 0. The van der Waals surface area contributed by atoms with Gasteiger partial charge in [-0.15, -0.1) is 4.52 Å². The molecular formula is C4H8O4P+. The van der Waals surface area contributed by atoms with Crippen molar-refractivity contribution in [2.24, 2.45) is 0 Å². The number of hydrogen-bond donors (Lipinski definition) is 1. The number of Topliss-reactive ketones (excluding diaryl/α,β-unsaturated/α-hetero) is 1. The molecule has 1 atom stereocenters. The lowest BCUT2D eigenvalue weighted by Crippen LogP contribution is -2.09. The van der Waals surface area contributed by atoms with Crippen LogP contribution < -0.4 is 0 Å². The lowest BCUT2D eigenvalue weighted by atomic mass is 10.5. The predicted octanol–water partition coefficient (Wildman–Crippen LogP) is -0.0634. The molecule has 52 valence electrons. The molecule has 0 aliphatic heterocycles. The average Bonchev–Trinajstić information content (AvgIpc) is 1.83. The predicted molar refractivity (Wildman–Crippen MR) is 31.6 cm³/mol. The molecule has 1 N–H and O–H groups in total. The van der Waals surface area contributed by atoms with Crippen LogP contribution in [0.3, 0.4) is 0 Å². The van der Waals surface area contributed by atoms with Crippen molar-refractivity contribution in [3.63, 3.8) is 0 Å². The number of hydrogen-bond acceptors (Lipinski definition) is 4. The Morgan fingerprint density at radius 3 is 2.67 bits per heavy atom. The minimum Gasteiger partial charge on any atom is -0.388 e. The number of carbonyl (C=O) groups is 1. The number of ketones is 1. The molecule has 1 unspecified atom stereocenters. The van der Waals surface area contributed by atoms with Gasteiger partial charge in [-0.3, -0.25) is 4.79 Å². The molecule has 0 aliphatic carbocycles. The van der Waals surface area contributed by atoms with Crippen molar-refractivity contribution in [2.75, 3.05) is 19.9 Å². The van der Waals surface area contributed by atoms with Gasteiger partial charge in [0, 0.05) is 0 Å². The highest BCUT2D eigenvalue weighted by atomic mass is 31.1. The molecule has 0 saturated carbocycles. The van der Waals surface area contributed by atoms with Gasteiger partial charge >= 0.3 is 8.03 Å². The van der Waals surface area contributed by atoms with Gasteiger partial charge < -0.3 is 5.11 Å². The molecule has 0 fully saturated rings. The van der Waals surface area contributed by atoms with Crippen molar-refractivity contribution in [2.45, 2.75) is 0 Å². The fourth-order valence-corrected chi connectivity index (χ4v) is 0.534. The Bertz CT molecular complexity index is 122. The molecule has 0 aromatic heterocycles. The van der Waals surface area contributed by atoms with E-state index < -0.39 is 20.4 Å². The number of aliphatic hydroxyl groups is 1. The Labute approximate surface area is 53.7 Å². The van der Waals surface area contributed by atoms with Gasteiger partial charge in [-0.05, 0) is 4.57 Å². The molecule has 0 aliphatic rings. The van der Waals surface area contributed by atoms with Crippen molar-refractivity contribution < 1.29 is 19.0 Å². The van der Waals surface area contributed by atoms with Crippen LogP contribution in [0.2, 0.25) is 0 Å². The molecule has 0 rings (SSSR count). The second-order valence-corrected chi connectivity index (χ2v) is 2.55. The zero-order valence-electron chi connectivity index (χ0n) is 5.03. The van der Waals surface area contributed by atoms with Crippen LogP contribution in [-0.2, 0) is 13.9 Å². The monoisotopic (exact) mass is 151 g/mol. The summed E-state index contributed by atoms with van der Waals surface area (Å²) in [5, 5.41) is 8.12. The van der Waals surface area contributed by atoms with E-state index >= 15 is 0 Å². The molecule has 0 radical (unpaired) electrons. The molecule has 0 bridgehead atoms. The number of carbonyl (C=O) groups excluding carboxylic acids is 1. The Morgan fingerprint density at radius 2 is 2.33 bits per heavy atom. The lowest BCUT2D eigenvalue weighted by Gasteiger charge is -1.85. The molecule has 0 spiro atoms. The van der Waals surface area contributed by atoms with E-state index in [0.717, 1.165) is 0 Å². The topological polar surface area (TPSA) is 63.6 Å². The summed E-state index contributed by atoms with van der Waals surface area (Å²) in [6, 6.07) is 0. The van der Waals surface area contributed by atoms with Crippen molar-refractivity contribution >= 4 is 13.8 Å². The van der Waals surface area contributed by atoms with Crippen LogP contribution in [0.4, 0.5) is 0 Å². The Balaban J connectivity index is 3.28. The van der Waals surface area contributed by atoms with E-state index in [-0.39, 0.29) is 6.61 Å². The number of aliphatic hydroxyl groups excluding tert-OH is 1. The first-order chi connectivity index (χ1) is 4.16. The summed E-state index contributed by atoms with van der Waals surface area (Å²) in [5.74, 6) is -0.458. The van der Waals surface area contributed by atoms with Crippen LogP contribution in [0.25, 0.3) is 0 Å². The van der Waals surface area contributed by atoms with E-state index in [1.54, 1.807) is 0 Å². The first-order valence-corrected chi connectivity index (χ1v) is 3.95. The zero-order valence-corrected chi connectivity index (χ0v) is 5.93.